The van der Waals surface area contributed by atoms with Crippen LogP contribution in [0.2, 0.25) is 0 Å². The van der Waals surface area contributed by atoms with Crippen LogP contribution in [0.1, 0.15) is 27.7 Å². The van der Waals surface area contributed by atoms with E-state index in [2.05, 4.69) is 0 Å². The molecule has 0 aromatic carbocycles. The zero-order chi connectivity index (χ0) is 12.9. The van der Waals surface area contributed by atoms with Crippen molar-refractivity contribution in [1.29, 1.82) is 0 Å². The molecule has 0 aliphatic carbocycles. The van der Waals surface area contributed by atoms with E-state index in [1.54, 1.807) is 0 Å². The molecule has 2 amide bonds. The van der Waals surface area contributed by atoms with Crippen molar-refractivity contribution in [2.24, 2.45) is 11.8 Å². The van der Waals surface area contributed by atoms with Crippen LogP contribution in [0.15, 0.2) is 0 Å². The molecule has 0 saturated carbocycles. The van der Waals surface area contributed by atoms with Crippen LogP contribution in [0.4, 0.5) is 9.59 Å². The molecule has 2 N–H and O–H groups in total. The standard InChI is InChI=1S/C10H20N2O4/c1-7(2)5-11(9(13)14)12(10(15)16)6-8(3)4/h7-8H,5-6H2,1-4H3,(H,13,14)(H,15,16). The summed E-state index contributed by atoms with van der Waals surface area (Å²) in [6.07, 6.45) is -2.48. The normalized spacial score (nSPS) is 10.6. The number of amides is 2. The van der Waals surface area contributed by atoms with Crippen molar-refractivity contribution < 1.29 is 19.8 Å². The van der Waals surface area contributed by atoms with Gasteiger partial charge >= 0.3 is 12.2 Å². The quantitative estimate of drug-likeness (QED) is 0.728. The molecule has 0 heterocycles. The molecule has 16 heavy (non-hydrogen) atoms. The smallest absolute Gasteiger partial charge is 0.426 e. The Hall–Kier alpha value is -1.46. The molecular weight excluding hydrogens is 212 g/mol. The van der Waals surface area contributed by atoms with Gasteiger partial charge < -0.3 is 10.2 Å². The van der Waals surface area contributed by atoms with Crippen LogP contribution in [-0.4, -0.2) is 45.5 Å². The van der Waals surface area contributed by atoms with Gasteiger partial charge in [-0.3, -0.25) is 0 Å². The minimum Gasteiger partial charge on any atom is -0.464 e. The Morgan fingerprint density at radius 3 is 1.25 bits per heavy atom. The number of carboxylic acid groups (broad SMARTS) is 2. The van der Waals surface area contributed by atoms with Crippen LogP contribution in [0.5, 0.6) is 0 Å². The third kappa shape index (κ3) is 4.86. The lowest BCUT2D eigenvalue weighted by Crippen LogP contribution is -2.51. The minimum atomic E-state index is -1.24. The number of hydrogen-bond acceptors (Lipinski definition) is 2. The molecule has 0 saturated heterocycles. The molecule has 0 aromatic rings. The van der Waals surface area contributed by atoms with Crippen molar-refractivity contribution in [2.75, 3.05) is 13.1 Å². The molecule has 0 unspecified atom stereocenters. The van der Waals surface area contributed by atoms with Gasteiger partial charge in [-0.1, -0.05) is 27.7 Å². The van der Waals surface area contributed by atoms with Gasteiger partial charge in [-0.05, 0) is 11.8 Å². The Morgan fingerprint density at radius 1 is 0.875 bits per heavy atom. The molecule has 0 spiro atoms. The van der Waals surface area contributed by atoms with Gasteiger partial charge in [0.25, 0.3) is 0 Å². The van der Waals surface area contributed by atoms with E-state index in [1.165, 1.54) is 0 Å². The highest BCUT2D eigenvalue weighted by molar-refractivity contribution is 5.71. The van der Waals surface area contributed by atoms with Gasteiger partial charge in [-0.15, -0.1) is 0 Å². The van der Waals surface area contributed by atoms with Crippen molar-refractivity contribution in [3.63, 3.8) is 0 Å². The maximum absolute atomic E-state index is 11.0. The topological polar surface area (TPSA) is 81.1 Å². The highest BCUT2D eigenvalue weighted by Gasteiger charge is 2.26. The van der Waals surface area contributed by atoms with E-state index in [-0.39, 0.29) is 24.9 Å². The van der Waals surface area contributed by atoms with Gasteiger partial charge in [0.05, 0.1) is 0 Å². The third-order valence-electron chi connectivity index (χ3n) is 1.81. The maximum atomic E-state index is 11.0. The fraction of sp³-hybridized carbons (Fsp3) is 0.800. The molecule has 94 valence electrons. The van der Waals surface area contributed by atoms with Crippen LogP contribution >= 0.6 is 0 Å². The summed E-state index contributed by atoms with van der Waals surface area (Å²) in [7, 11) is 0. The molecule has 6 nitrogen and oxygen atoms in total. The van der Waals surface area contributed by atoms with Crippen LogP contribution < -0.4 is 0 Å². The fourth-order valence-corrected chi connectivity index (χ4v) is 1.25. The first kappa shape index (κ1) is 14.5. The van der Waals surface area contributed by atoms with Crippen LogP contribution in [0.25, 0.3) is 0 Å². The highest BCUT2D eigenvalue weighted by Crippen LogP contribution is 2.08. The van der Waals surface area contributed by atoms with Crippen molar-refractivity contribution >= 4 is 12.2 Å². The SMILES string of the molecule is CC(C)CN(C(=O)O)N(CC(C)C)C(=O)O. The second-order valence-electron chi connectivity index (χ2n) is 4.52. The average molecular weight is 232 g/mol. The summed E-state index contributed by atoms with van der Waals surface area (Å²) in [5.74, 6) is 0.148. The number of carbonyl (C=O) groups is 2. The van der Waals surface area contributed by atoms with Gasteiger partial charge in [0.15, 0.2) is 0 Å². The summed E-state index contributed by atoms with van der Waals surface area (Å²) in [6.45, 7) is 7.70. The van der Waals surface area contributed by atoms with Crippen LogP contribution in [0.3, 0.4) is 0 Å². The van der Waals surface area contributed by atoms with E-state index in [4.69, 9.17) is 10.2 Å². The molecule has 0 atom stereocenters. The van der Waals surface area contributed by atoms with Gasteiger partial charge in [0.2, 0.25) is 0 Å². The first-order chi connectivity index (χ1) is 7.25. The summed E-state index contributed by atoms with van der Waals surface area (Å²) in [5.41, 5.74) is 0. The minimum absolute atomic E-state index is 0.0742. The lowest BCUT2D eigenvalue weighted by molar-refractivity contribution is -0.0114. The van der Waals surface area contributed by atoms with Crippen molar-refractivity contribution in [2.45, 2.75) is 27.7 Å². The Kier molecular flexibility index (Phi) is 5.63. The van der Waals surface area contributed by atoms with Crippen LogP contribution in [0, 0.1) is 11.8 Å². The molecule has 6 heteroatoms. The number of nitrogens with zero attached hydrogens (tertiary/aromatic N) is 2. The largest absolute Gasteiger partial charge is 0.464 e. The summed E-state index contributed by atoms with van der Waals surface area (Å²) >= 11 is 0. The Labute approximate surface area is 95.4 Å². The Balaban J connectivity index is 4.80. The molecular formula is C10H20N2O4. The molecule has 0 aliphatic heterocycles. The van der Waals surface area contributed by atoms with Gasteiger partial charge in [0.1, 0.15) is 0 Å². The predicted molar refractivity (Wildman–Crippen MR) is 59.1 cm³/mol. The van der Waals surface area contributed by atoms with E-state index >= 15 is 0 Å². The fourth-order valence-electron chi connectivity index (χ4n) is 1.25. The van der Waals surface area contributed by atoms with Crippen LogP contribution in [-0.2, 0) is 0 Å². The van der Waals surface area contributed by atoms with E-state index in [0.29, 0.717) is 0 Å². The summed E-state index contributed by atoms with van der Waals surface area (Å²) in [6, 6.07) is 0. The number of hydrogen-bond donors (Lipinski definition) is 2. The second-order valence-corrected chi connectivity index (χ2v) is 4.52. The van der Waals surface area contributed by atoms with E-state index in [9.17, 15) is 9.59 Å². The summed E-state index contributed by atoms with van der Waals surface area (Å²) in [5, 5.41) is 19.7. The van der Waals surface area contributed by atoms with Gasteiger partial charge in [-0.2, -0.15) is 0 Å². The summed E-state index contributed by atoms with van der Waals surface area (Å²) in [4.78, 5) is 22.0. The first-order valence-corrected chi connectivity index (χ1v) is 5.26. The number of rotatable bonds is 4. The molecule has 0 radical (unpaired) electrons. The zero-order valence-corrected chi connectivity index (χ0v) is 10.2. The van der Waals surface area contributed by atoms with Gasteiger partial charge in [-0.25, -0.2) is 19.6 Å². The first-order valence-electron chi connectivity index (χ1n) is 5.26. The van der Waals surface area contributed by atoms with E-state index in [1.807, 2.05) is 27.7 Å². The third-order valence-corrected chi connectivity index (χ3v) is 1.81. The van der Waals surface area contributed by atoms with Crippen molar-refractivity contribution in [1.82, 2.24) is 10.0 Å². The van der Waals surface area contributed by atoms with Crippen molar-refractivity contribution in [3.8, 4) is 0 Å². The summed E-state index contributed by atoms with van der Waals surface area (Å²) < 4.78 is 0. The second kappa shape index (κ2) is 6.19. The van der Waals surface area contributed by atoms with E-state index in [0.717, 1.165) is 10.0 Å². The molecule has 0 fully saturated rings. The lowest BCUT2D eigenvalue weighted by Gasteiger charge is -2.32. The number of hydrazine groups is 1. The molecule has 0 rings (SSSR count). The molecule has 0 aliphatic rings. The lowest BCUT2D eigenvalue weighted by atomic mass is 10.2. The zero-order valence-electron chi connectivity index (χ0n) is 10.2. The molecule has 0 bridgehead atoms. The Bertz CT molecular complexity index is 227. The van der Waals surface area contributed by atoms with Crippen molar-refractivity contribution in [3.05, 3.63) is 0 Å². The predicted octanol–water partition coefficient (Wildman–Crippen LogP) is 2.17. The maximum Gasteiger partial charge on any atom is 0.426 e. The van der Waals surface area contributed by atoms with Gasteiger partial charge in [0, 0.05) is 13.1 Å². The van der Waals surface area contributed by atoms with E-state index < -0.39 is 12.2 Å². The molecule has 0 aromatic heterocycles. The highest BCUT2D eigenvalue weighted by atomic mass is 16.4. The monoisotopic (exact) mass is 232 g/mol. The Morgan fingerprint density at radius 2 is 1.12 bits per heavy atom. The average Bonchev–Trinajstić information content (AvgIpc) is 2.09.